The number of rotatable bonds is 9. The van der Waals surface area contributed by atoms with Gasteiger partial charge in [-0.15, -0.1) is 5.11 Å². The number of phenolic OH excluding ortho intramolecular Hbond substituents is 2. The van der Waals surface area contributed by atoms with Crippen molar-refractivity contribution in [3.8, 4) is 11.5 Å². The largest absolute Gasteiger partial charge is 0.507 e. The number of phenols is 2. The number of esters is 1. The van der Waals surface area contributed by atoms with E-state index in [2.05, 4.69) is 10.2 Å². The van der Waals surface area contributed by atoms with Crippen LogP contribution >= 0.6 is 0 Å². The number of benzene rings is 3. The topological polar surface area (TPSA) is 109 Å². The average molecular weight is 444 g/mol. The number of ketones is 1. The summed E-state index contributed by atoms with van der Waals surface area (Å²) < 4.78 is 5.10. The zero-order valence-corrected chi connectivity index (χ0v) is 18.1. The number of hydrogen-bond donors (Lipinski definition) is 2. The number of carbonyl (C=O) groups excluding carboxylic acids is 2. The van der Waals surface area contributed by atoms with Crippen LogP contribution in [-0.4, -0.2) is 28.6 Å². The number of aryl methyl sites for hydroxylation is 1. The zero-order chi connectivity index (χ0) is 23.6. The lowest BCUT2D eigenvalue weighted by Crippen LogP contribution is -2.03. The molecule has 3 rings (SSSR count). The van der Waals surface area contributed by atoms with E-state index in [1.54, 1.807) is 49.4 Å². The third kappa shape index (κ3) is 6.36. The van der Waals surface area contributed by atoms with Crippen LogP contribution in [0.5, 0.6) is 11.5 Å². The fourth-order valence-electron chi connectivity index (χ4n) is 3.12. The highest BCUT2D eigenvalue weighted by Gasteiger charge is 2.17. The molecule has 0 bridgehead atoms. The van der Waals surface area contributed by atoms with Crippen LogP contribution in [0.1, 0.15) is 34.8 Å². The highest BCUT2D eigenvalue weighted by atomic mass is 16.5. The Kier molecular flexibility index (Phi) is 8.07. The first-order chi connectivity index (χ1) is 16.0. The minimum atomic E-state index is -0.391. The Morgan fingerprint density at radius 1 is 0.909 bits per heavy atom. The summed E-state index contributed by atoms with van der Waals surface area (Å²) in [5.41, 5.74) is 1.95. The van der Waals surface area contributed by atoms with E-state index in [4.69, 9.17) is 4.74 Å². The number of carbonyl (C=O) groups is 2. The molecule has 0 aromatic heterocycles. The lowest BCUT2D eigenvalue weighted by molar-refractivity contribution is -0.137. The number of allylic oxidation sites excluding steroid dienone is 1. The van der Waals surface area contributed by atoms with E-state index in [0.717, 1.165) is 11.6 Å². The number of nitrogens with zero attached hydrogens (tertiary/aromatic N) is 2. The maximum absolute atomic E-state index is 12.7. The van der Waals surface area contributed by atoms with Crippen LogP contribution in [0, 0.1) is 0 Å². The molecular formula is C26H24N2O5. The van der Waals surface area contributed by atoms with Crippen molar-refractivity contribution >= 4 is 23.1 Å². The van der Waals surface area contributed by atoms with Gasteiger partial charge in [0.25, 0.3) is 0 Å². The van der Waals surface area contributed by atoms with Gasteiger partial charge in [-0.25, -0.2) is 4.79 Å². The number of ether oxygens (including phenoxy) is 1. The average Bonchev–Trinajstić information content (AvgIpc) is 2.82. The van der Waals surface area contributed by atoms with E-state index < -0.39 is 5.78 Å². The predicted molar refractivity (Wildman–Crippen MR) is 124 cm³/mol. The van der Waals surface area contributed by atoms with Crippen LogP contribution in [0.2, 0.25) is 0 Å². The number of azo groups is 1. The highest BCUT2D eigenvalue weighted by Crippen LogP contribution is 2.36. The predicted octanol–water partition coefficient (Wildman–Crippen LogP) is 5.80. The van der Waals surface area contributed by atoms with Crippen LogP contribution in [0.4, 0.5) is 11.4 Å². The van der Waals surface area contributed by atoms with Gasteiger partial charge in [0.15, 0.2) is 5.78 Å². The van der Waals surface area contributed by atoms with Crippen molar-refractivity contribution in [1.82, 2.24) is 0 Å². The molecule has 2 N–H and O–H groups in total. The van der Waals surface area contributed by atoms with Crippen molar-refractivity contribution in [2.45, 2.75) is 19.8 Å². The van der Waals surface area contributed by atoms with Crippen LogP contribution in [-0.2, 0) is 16.0 Å². The quantitative estimate of drug-likeness (QED) is 0.143. The van der Waals surface area contributed by atoms with Crippen molar-refractivity contribution in [2.24, 2.45) is 10.2 Å². The maximum atomic E-state index is 12.7. The van der Waals surface area contributed by atoms with E-state index >= 15 is 0 Å². The zero-order valence-electron chi connectivity index (χ0n) is 18.1. The molecule has 7 heteroatoms. The van der Waals surface area contributed by atoms with Crippen molar-refractivity contribution in [3.63, 3.8) is 0 Å². The van der Waals surface area contributed by atoms with Gasteiger partial charge < -0.3 is 14.9 Å². The summed E-state index contributed by atoms with van der Waals surface area (Å²) in [4.78, 5) is 24.1. The molecule has 3 aromatic carbocycles. The van der Waals surface area contributed by atoms with Gasteiger partial charge in [0.1, 0.15) is 17.2 Å². The highest BCUT2D eigenvalue weighted by molar-refractivity contribution is 6.11. The Hall–Kier alpha value is -4.26. The smallest absolute Gasteiger partial charge is 0.330 e. The van der Waals surface area contributed by atoms with E-state index in [-0.39, 0.29) is 35.3 Å². The van der Waals surface area contributed by atoms with Gasteiger partial charge in [-0.2, -0.15) is 5.11 Å². The summed E-state index contributed by atoms with van der Waals surface area (Å²) in [7, 11) is 0. The van der Waals surface area contributed by atoms with Crippen LogP contribution in [0.25, 0.3) is 0 Å². The van der Waals surface area contributed by atoms with Crippen molar-refractivity contribution < 1.29 is 24.5 Å². The lowest BCUT2D eigenvalue weighted by atomic mass is 10.0. The molecule has 0 radical (unpaired) electrons. The molecule has 0 heterocycles. The molecule has 0 atom stereocenters. The fourth-order valence-corrected chi connectivity index (χ4v) is 3.12. The van der Waals surface area contributed by atoms with Gasteiger partial charge >= 0.3 is 5.97 Å². The van der Waals surface area contributed by atoms with E-state index in [0.29, 0.717) is 24.1 Å². The third-order valence-corrected chi connectivity index (χ3v) is 4.77. The second kappa shape index (κ2) is 11.4. The van der Waals surface area contributed by atoms with Gasteiger partial charge in [-0.1, -0.05) is 54.6 Å². The van der Waals surface area contributed by atoms with Gasteiger partial charge in [-0.05, 0) is 37.5 Å². The number of aromatic hydroxyl groups is 2. The lowest BCUT2D eigenvalue weighted by Gasteiger charge is -2.08. The van der Waals surface area contributed by atoms with Crippen LogP contribution in [0.15, 0.2) is 89.1 Å². The van der Waals surface area contributed by atoms with Crippen molar-refractivity contribution in [2.75, 3.05) is 6.61 Å². The molecular weight excluding hydrogens is 420 g/mol. The van der Waals surface area contributed by atoms with E-state index in [1.165, 1.54) is 12.1 Å². The first-order valence-electron chi connectivity index (χ1n) is 10.4. The van der Waals surface area contributed by atoms with Crippen molar-refractivity contribution in [1.29, 1.82) is 0 Å². The molecule has 0 aliphatic rings. The molecule has 0 unspecified atom stereocenters. The molecule has 0 amide bonds. The molecule has 33 heavy (non-hydrogen) atoms. The maximum Gasteiger partial charge on any atom is 0.330 e. The minimum absolute atomic E-state index is 0.0178. The second-order valence-corrected chi connectivity index (χ2v) is 7.15. The SMILES string of the molecule is CC=CC(=O)OCCCc1ccccc1N=Nc1cc(C(=O)c2ccccc2)c(O)cc1O. The summed E-state index contributed by atoms with van der Waals surface area (Å²) in [6.07, 6.45) is 4.20. The van der Waals surface area contributed by atoms with Gasteiger partial charge in [0, 0.05) is 17.7 Å². The summed E-state index contributed by atoms with van der Waals surface area (Å²) in [5.74, 6) is -1.41. The Morgan fingerprint density at radius 2 is 1.61 bits per heavy atom. The Labute approximate surface area is 191 Å². The summed E-state index contributed by atoms with van der Waals surface area (Å²) in [5, 5.41) is 28.7. The van der Waals surface area contributed by atoms with Crippen LogP contribution in [0.3, 0.4) is 0 Å². The minimum Gasteiger partial charge on any atom is -0.507 e. The molecule has 0 saturated carbocycles. The van der Waals surface area contributed by atoms with E-state index in [9.17, 15) is 19.8 Å². The Balaban J connectivity index is 1.77. The standard InChI is InChI=1S/C26H24N2O5/c1-2-9-25(31)33-15-8-13-18-10-6-7-14-21(18)27-28-22-16-20(23(29)17-24(22)30)26(32)19-11-4-3-5-12-19/h2-7,9-12,14,16-17,29-30H,8,13,15H2,1H3. The normalized spacial score (nSPS) is 11.2. The number of hydrogen-bond acceptors (Lipinski definition) is 7. The van der Waals surface area contributed by atoms with Crippen molar-refractivity contribution in [3.05, 3.63) is 95.6 Å². The van der Waals surface area contributed by atoms with Gasteiger partial charge in [-0.3, -0.25) is 4.79 Å². The molecule has 0 fully saturated rings. The Bertz CT molecular complexity index is 1190. The van der Waals surface area contributed by atoms with Gasteiger partial charge in [0.05, 0.1) is 17.9 Å². The van der Waals surface area contributed by atoms with Crippen LogP contribution < -0.4 is 0 Å². The first kappa shape index (κ1) is 23.4. The second-order valence-electron chi connectivity index (χ2n) is 7.15. The molecule has 168 valence electrons. The Morgan fingerprint density at radius 3 is 2.36 bits per heavy atom. The monoisotopic (exact) mass is 444 g/mol. The molecule has 3 aromatic rings. The fraction of sp³-hybridized carbons (Fsp3) is 0.154. The molecule has 0 saturated heterocycles. The first-order valence-corrected chi connectivity index (χ1v) is 10.4. The summed E-state index contributed by atoms with van der Waals surface area (Å²) in [6, 6.07) is 18.3. The molecule has 0 spiro atoms. The van der Waals surface area contributed by atoms with Gasteiger partial charge in [0.2, 0.25) is 0 Å². The molecule has 0 aliphatic heterocycles. The third-order valence-electron chi connectivity index (χ3n) is 4.77. The van der Waals surface area contributed by atoms with E-state index in [1.807, 2.05) is 18.2 Å². The molecule has 0 aliphatic carbocycles. The summed E-state index contributed by atoms with van der Waals surface area (Å²) in [6.45, 7) is 2.02. The molecule has 7 nitrogen and oxygen atoms in total. The summed E-state index contributed by atoms with van der Waals surface area (Å²) >= 11 is 0.